The van der Waals surface area contributed by atoms with Crippen molar-refractivity contribution in [3.8, 4) is 0 Å². The fourth-order valence-corrected chi connectivity index (χ4v) is 2.08. The number of esters is 1. The Kier molecular flexibility index (Phi) is 4.48. The minimum atomic E-state index is -0.337. The molecule has 2 rings (SSSR count). The Hall–Kier alpha value is -2.49. The maximum absolute atomic E-state index is 11.8. The fourth-order valence-electron chi connectivity index (χ4n) is 2.08. The van der Waals surface area contributed by atoms with Gasteiger partial charge in [-0.25, -0.2) is 4.79 Å². The second-order valence-corrected chi connectivity index (χ2v) is 4.89. The second-order valence-electron chi connectivity index (χ2n) is 4.89. The van der Waals surface area contributed by atoms with Gasteiger partial charge in [0.15, 0.2) is 0 Å². The molecular weight excluding hydrogens is 264 g/mol. The maximum Gasteiger partial charge on any atom is 0.338 e. The van der Waals surface area contributed by atoms with E-state index >= 15 is 0 Å². The van der Waals surface area contributed by atoms with E-state index in [2.05, 4.69) is 0 Å². The number of hydrogen-bond donors (Lipinski definition) is 1. The highest BCUT2D eigenvalue weighted by molar-refractivity contribution is 5.92. The molecule has 4 nitrogen and oxygen atoms in total. The van der Waals surface area contributed by atoms with E-state index in [1.54, 1.807) is 25.1 Å². The zero-order chi connectivity index (χ0) is 15.4. The molecule has 0 amide bonds. The van der Waals surface area contributed by atoms with Crippen molar-refractivity contribution in [2.24, 2.45) is 0 Å². The highest BCUT2D eigenvalue weighted by atomic mass is 16.5. The summed E-state index contributed by atoms with van der Waals surface area (Å²) in [6, 6.07) is 13.3. The van der Waals surface area contributed by atoms with Crippen LogP contribution in [0.4, 0.5) is 17.1 Å². The van der Waals surface area contributed by atoms with Crippen LogP contribution in [0.2, 0.25) is 0 Å². The van der Waals surface area contributed by atoms with Gasteiger partial charge in [0.25, 0.3) is 0 Å². The first-order chi connectivity index (χ1) is 10.0. The van der Waals surface area contributed by atoms with E-state index in [1.807, 2.05) is 43.1 Å². The molecule has 0 heterocycles. The molecule has 0 spiro atoms. The summed E-state index contributed by atoms with van der Waals surface area (Å²) in [6.07, 6.45) is 0. The first kappa shape index (κ1) is 14.9. The van der Waals surface area contributed by atoms with E-state index in [0.29, 0.717) is 17.9 Å². The normalized spacial score (nSPS) is 10.2. The Balaban J connectivity index is 2.35. The number of aryl methyl sites for hydroxylation is 1. The number of carbonyl (C=O) groups excluding carboxylic acids is 1. The van der Waals surface area contributed by atoms with Gasteiger partial charge in [0.05, 0.1) is 23.5 Å². The average molecular weight is 284 g/mol. The van der Waals surface area contributed by atoms with Crippen LogP contribution in [0, 0.1) is 6.92 Å². The molecule has 4 heteroatoms. The van der Waals surface area contributed by atoms with Gasteiger partial charge in [-0.1, -0.05) is 17.7 Å². The average Bonchev–Trinajstić information content (AvgIpc) is 2.48. The Labute approximate surface area is 125 Å². The number of hydrogen-bond acceptors (Lipinski definition) is 4. The third-order valence-electron chi connectivity index (χ3n) is 3.32. The van der Waals surface area contributed by atoms with E-state index in [4.69, 9.17) is 10.5 Å². The van der Waals surface area contributed by atoms with Gasteiger partial charge in [-0.15, -0.1) is 0 Å². The fraction of sp³-hybridized carbons (Fsp3) is 0.235. The van der Waals surface area contributed by atoms with E-state index in [9.17, 15) is 4.79 Å². The lowest BCUT2D eigenvalue weighted by Crippen LogP contribution is -2.13. The molecule has 0 fully saturated rings. The van der Waals surface area contributed by atoms with Crippen molar-refractivity contribution in [1.82, 2.24) is 0 Å². The molecule has 0 saturated heterocycles. The van der Waals surface area contributed by atoms with E-state index in [0.717, 1.165) is 11.4 Å². The summed E-state index contributed by atoms with van der Waals surface area (Å²) in [4.78, 5) is 13.8. The van der Waals surface area contributed by atoms with Crippen molar-refractivity contribution in [2.45, 2.75) is 13.8 Å². The van der Waals surface area contributed by atoms with Gasteiger partial charge in [0.1, 0.15) is 0 Å². The Morgan fingerprint density at radius 3 is 2.48 bits per heavy atom. The molecular formula is C17H20N2O2. The van der Waals surface area contributed by atoms with Crippen LogP contribution >= 0.6 is 0 Å². The van der Waals surface area contributed by atoms with Crippen molar-refractivity contribution < 1.29 is 9.53 Å². The van der Waals surface area contributed by atoms with Crippen LogP contribution in [-0.2, 0) is 4.74 Å². The highest BCUT2D eigenvalue weighted by Gasteiger charge is 2.13. The zero-order valence-electron chi connectivity index (χ0n) is 12.6. The molecule has 0 aromatic heterocycles. The Bertz CT molecular complexity index is 636. The summed E-state index contributed by atoms with van der Waals surface area (Å²) in [5, 5.41) is 0. The van der Waals surface area contributed by atoms with Gasteiger partial charge < -0.3 is 15.4 Å². The number of anilines is 3. The van der Waals surface area contributed by atoms with Gasteiger partial charge in [-0.2, -0.15) is 0 Å². The van der Waals surface area contributed by atoms with Crippen molar-refractivity contribution in [3.05, 3.63) is 53.6 Å². The Morgan fingerprint density at radius 2 is 1.86 bits per heavy atom. The smallest absolute Gasteiger partial charge is 0.338 e. The second kappa shape index (κ2) is 6.31. The molecule has 0 aliphatic carbocycles. The summed E-state index contributed by atoms with van der Waals surface area (Å²) >= 11 is 0. The number of nitrogens with zero attached hydrogens (tertiary/aromatic N) is 1. The zero-order valence-corrected chi connectivity index (χ0v) is 12.6. The van der Waals surface area contributed by atoms with Gasteiger partial charge >= 0.3 is 5.97 Å². The summed E-state index contributed by atoms with van der Waals surface area (Å²) in [6.45, 7) is 4.18. The Morgan fingerprint density at radius 1 is 1.19 bits per heavy atom. The first-order valence-electron chi connectivity index (χ1n) is 6.90. The van der Waals surface area contributed by atoms with Crippen LogP contribution in [0.25, 0.3) is 0 Å². The lowest BCUT2D eigenvalue weighted by Gasteiger charge is -2.22. The third-order valence-corrected chi connectivity index (χ3v) is 3.32. The quantitative estimate of drug-likeness (QED) is 0.689. The number of nitrogen functional groups attached to an aromatic ring is 1. The van der Waals surface area contributed by atoms with Gasteiger partial charge in [0.2, 0.25) is 0 Å². The van der Waals surface area contributed by atoms with E-state index < -0.39 is 0 Å². The molecule has 21 heavy (non-hydrogen) atoms. The van der Waals surface area contributed by atoms with Crippen molar-refractivity contribution >= 4 is 23.0 Å². The molecule has 0 saturated carbocycles. The molecule has 0 aliphatic rings. The van der Waals surface area contributed by atoms with E-state index in [1.165, 1.54) is 5.56 Å². The van der Waals surface area contributed by atoms with Crippen LogP contribution in [0.1, 0.15) is 22.8 Å². The maximum atomic E-state index is 11.8. The topological polar surface area (TPSA) is 55.6 Å². The van der Waals surface area contributed by atoms with Crippen LogP contribution in [0.5, 0.6) is 0 Å². The minimum absolute atomic E-state index is 0.337. The number of benzene rings is 2. The first-order valence-corrected chi connectivity index (χ1v) is 6.90. The van der Waals surface area contributed by atoms with Crippen LogP contribution in [-0.4, -0.2) is 19.6 Å². The molecule has 2 N–H and O–H groups in total. The third kappa shape index (κ3) is 3.34. The summed E-state index contributed by atoms with van der Waals surface area (Å²) in [5.74, 6) is -0.337. The number of rotatable bonds is 4. The molecule has 0 radical (unpaired) electrons. The molecule has 0 bridgehead atoms. The van der Waals surface area contributed by atoms with Gasteiger partial charge in [-0.05, 0) is 44.2 Å². The molecule has 0 aliphatic heterocycles. The minimum Gasteiger partial charge on any atom is -0.462 e. The van der Waals surface area contributed by atoms with Crippen molar-refractivity contribution in [2.75, 3.05) is 24.3 Å². The molecule has 2 aromatic rings. The lowest BCUT2D eigenvalue weighted by atomic mass is 10.1. The summed E-state index contributed by atoms with van der Waals surface area (Å²) in [7, 11) is 1.92. The highest BCUT2D eigenvalue weighted by Crippen LogP contribution is 2.30. The standard InChI is InChI=1S/C17H20N2O2/c1-4-21-17(20)13-7-10-15(18)16(11-13)19(3)14-8-5-12(2)6-9-14/h5-11H,4,18H2,1-3H3. The van der Waals surface area contributed by atoms with Crippen LogP contribution < -0.4 is 10.6 Å². The number of carbonyl (C=O) groups is 1. The number of ether oxygens (including phenoxy) is 1. The van der Waals surface area contributed by atoms with Crippen LogP contribution in [0.15, 0.2) is 42.5 Å². The van der Waals surface area contributed by atoms with E-state index in [-0.39, 0.29) is 5.97 Å². The van der Waals surface area contributed by atoms with Crippen molar-refractivity contribution in [3.63, 3.8) is 0 Å². The lowest BCUT2D eigenvalue weighted by molar-refractivity contribution is 0.0526. The predicted molar refractivity (Wildman–Crippen MR) is 86.1 cm³/mol. The predicted octanol–water partition coefficient (Wildman–Crippen LogP) is 3.52. The number of nitrogens with two attached hydrogens (primary N) is 1. The summed E-state index contributed by atoms with van der Waals surface area (Å²) < 4.78 is 5.03. The molecule has 0 unspecified atom stereocenters. The van der Waals surface area contributed by atoms with Crippen LogP contribution in [0.3, 0.4) is 0 Å². The molecule has 0 atom stereocenters. The monoisotopic (exact) mass is 284 g/mol. The molecule has 2 aromatic carbocycles. The largest absolute Gasteiger partial charge is 0.462 e. The van der Waals surface area contributed by atoms with Gasteiger partial charge in [-0.3, -0.25) is 0 Å². The molecule has 110 valence electrons. The summed E-state index contributed by atoms with van der Waals surface area (Å²) in [5.41, 5.74) is 10.1. The SMILES string of the molecule is CCOC(=O)c1ccc(N)c(N(C)c2ccc(C)cc2)c1. The van der Waals surface area contributed by atoms with Gasteiger partial charge in [0, 0.05) is 12.7 Å². The van der Waals surface area contributed by atoms with Crippen molar-refractivity contribution in [1.29, 1.82) is 0 Å².